The van der Waals surface area contributed by atoms with E-state index in [0.29, 0.717) is 0 Å². The van der Waals surface area contributed by atoms with Crippen LogP contribution in [0.3, 0.4) is 0 Å². The number of aryl methyl sites for hydroxylation is 2. The lowest BCUT2D eigenvalue weighted by Crippen LogP contribution is -3.14. The van der Waals surface area contributed by atoms with Crippen LogP contribution in [0.1, 0.15) is 28.3 Å². The van der Waals surface area contributed by atoms with Crippen LogP contribution in [0.4, 0.5) is 0 Å². The maximum Gasteiger partial charge on any atom is 0.244 e. The monoisotopic (exact) mass is 365 g/mol. The molecule has 4 heteroatoms. The Balaban J connectivity index is 1.69. The van der Waals surface area contributed by atoms with E-state index in [9.17, 15) is 4.79 Å². The van der Waals surface area contributed by atoms with Gasteiger partial charge in [0.25, 0.3) is 0 Å². The van der Waals surface area contributed by atoms with Gasteiger partial charge < -0.3 is 15.0 Å². The molecular formula is C23H29N2O2+. The zero-order chi connectivity index (χ0) is 19.1. The number of carbonyl (C=O) groups is 1. The molecule has 0 spiro atoms. The molecule has 1 heterocycles. The highest BCUT2D eigenvalue weighted by Gasteiger charge is 2.22. The Morgan fingerprint density at radius 3 is 2.56 bits per heavy atom. The minimum Gasteiger partial charge on any atom is -0.370 e. The summed E-state index contributed by atoms with van der Waals surface area (Å²) in [4.78, 5) is 14.0. The van der Waals surface area contributed by atoms with Crippen LogP contribution in [0.5, 0.6) is 0 Å². The third-order valence-electron chi connectivity index (χ3n) is 4.96. The molecule has 3 rings (SSSR count). The van der Waals surface area contributed by atoms with Crippen LogP contribution in [0.25, 0.3) is 6.08 Å². The molecule has 0 radical (unpaired) electrons. The van der Waals surface area contributed by atoms with Gasteiger partial charge in [-0.05, 0) is 31.1 Å². The van der Waals surface area contributed by atoms with E-state index in [1.54, 1.807) is 6.08 Å². The van der Waals surface area contributed by atoms with Gasteiger partial charge in [0.15, 0.2) is 0 Å². The summed E-state index contributed by atoms with van der Waals surface area (Å²) in [6.07, 6.45) is 3.50. The summed E-state index contributed by atoms with van der Waals surface area (Å²) in [5.41, 5.74) is 4.60. The summed E-state index contributed by atoms with van der Waals surface area (Å²) in [6.45, 7) is 8.55. The summed E-state index contributed by atoms with van der Waals surface area (Å²) in [5, 5.41) is 3.20. The molecule has 2 aromatic rings. The van der Waals surface area contributed by atoms with Crippen LogP contribution in [-0.4, -0.2) is 38.8 Å². The van der Waals surface area contributed by atoms with Gasteiger partial charge in [-0.25, -0.2) is 0 Å². The molecule has 1 atom stereocenters. The van der Waals surface area contributed by atoms with Crippen LogP contribution < -0.4 is 10.2 Å². The number of ether oxygens (including phenoxy) is 1. The second-order valence-electron chi connectivity index (χ2n) is 7.29. The number of quaternary nitrogens is 1. The van der Waals surface area contributed by atoms with Gasteiger partial charge in [-0.2, -0.15) is 0 Å². The Bertz CT molecular complexity index is 777. The van der Waals surface area contributed by atoms with Crippen molar-refractivity contribution in [2.75, 3.05) is 32.8 Å². The fraction of sp³-hybridized carbons (Fsp3) is 0.348. The van der Waals surface area contributed by atoms with Gasteiger partial charge in [-0.3, -0.25) is 4.79 Å². The Kier molecular flexibility index (Phi) is 6.80. The average molecular weight is 365 g/mol. The van der Waals surface area contributed by atoms with Gasteiger partial charge >= 0.3 is 0 Å². The molecule has 2 aromatic carbocycles. The van der Waals surface area contributed by atoms with Crippen molar-refractivity contribution in [2.24, 2.45) is 0 Å². The van der Waals surface area contributed by atoms with Crippen molar-refractivity contribution in [2.45, 2.75) is 19.9 Å². The SMILES string of the molecule is Cc1ccc([C@@H](C[NH+]2CCOCC2)NC(=O)/C=C/c2cccc(C)c2)cc1. The standard InChI is InChI=1S/C23H28N2O2/c1-18-6-9-21(10-7-18)22(17-25-12-14-27-15-13-25)24-23(26)11-8-20-5-3-4-19(2)16-20/h3-11,16,22H,12-15,17H2,1-2H3,(H,24,26)/p+1/b11-8+/t22-/m1/s1. The van der Waals surface area contributed by atoms with Crippen molar-refractivity contribution >= 4 is 12.0 Å². The number of morpholine rings is 1. The second kappa shape index (κ2) is 9.49. The van der Waals surface area contributed by atoms with Crippen LogP contribution in [0.2, 0.25) is 0 Å². The normalized spacial score (nSPS) is 16.4. The fourth-order valence-electron chi connectivity index (χ4n) is 3.37. The van der Waals surface area contributed by atoms with E-state index in [1.807, 2.05) is 18.2 Å². The molecule has 0 bridgehead atoms. The zero-order valence-electron chi connectivity index (χ0n) is 16.2. The van der Waals surface area contributed by atoms with Crippen LogP contribution in [0.15, 0.2) is 54.6 Å². The highest BCUT2D eigenvalue weighted by atomic mass is 16.5. The molecule has 1 aliphatic rings. The zero-order valence-corrected chi connectivity index (χ0v) is 16.2. The Morgan fingerprint density at radius 2 is 1.85 bits per heavy atom. The van der Waals surface area contributed by atoms with Crippen molar-refractivity contribution in [3.05, 3.63) is 76.9 Å². The summed E-state index contributed by atoms with van der Waals surface area (Å²) in [6, 6.07) is 16.6. The van der Waals surface area contributed by atoms with E-state index in [4.69, 9.17) is 4.74 Å². The van der Waals surface area contributed by atoms with Crippen molar-refractivity contribution in [1.82, 2.24) is 5.32 Å². The lowest BCUT2D eigenvalue weighted by atomic mass is 10.0. The first-order valence-electron chi connectivity index (χ1n) is 9.63. The number of benzene rings is 2. The number of nitrogens with one attached hydrogen (secondary N) is 2. The number of hydrogen-bond donors (Lipinski definition) is 2. The van der Waals surface area contributed by atoms with Gasteiger partial charge in [-0.15, -0.1) is 0 Å². The maximum atomic E-state index is 12.6. The summed E-state index contributed by atoms with van der Waals surface area (Å²) in [5.74, 6) is -0.0604. The Hall–Kier alpha value is -2.43. The van der Waals surface area contributed by atoms with E-state index < -0.39 is 0 Å². The van der Waals surface area contributed by atoms with E-state index in [-0.39, 0.29) is 11.9 Å². The van der Waals surface area contributed by atoms with Gasteiger partial charge in [0.1, 0.15) is 25.7 Å². The average Bonchev–Trinajstić information content (AvgIpc) is 2.67. The van der Waals surface area contributed by atoms with Crippen LogP contribution >= 0.6 is 0 Å². The van der Waals surface area contributed by atoms with Crippen molar-refractivity contribution < 1.29 is 14.4 Å². The molecule has 1 amide bonds. The molecule has 0 aliphatic carbocycles. The van der Waals surface area contributed by atoms with Gasteiger partial charge in [0.2, 0.25) is 5.91 Å². The predicted octanol–water partition coefficient (Wildman–Crippen LogP) is 2.09. The maximum absolute atomic E-state index is 12.6. The van der Waals surface area contributed by atoms with E-state index in [0.717, 1.165) is 44.0 Å². The molecular weight excluding hydrogens is 336 g/mol. The molecule has 1 saturated heterocycles. The molecule has 2 N–H and O–H groups in total. The summed E-state index contributed by atoms with van der Waals surface area (Å²) in [7, 11) is 0. The second-order valence-corrected chi connectivity index (χ2v) is 7.29. The Labute approximate surface area is 161 Å². The predicted molar refractivity (Wildman–Crippen MR) is 109 cm³/mol. The lowest BCUT2D eigenvalue weighted by Gasteiger charge is -2.28. The Morgan fingerprint density at radius 1 is 1.11 bits per heavy atom. The lowest BCUT2D eigenvalue weighted by molar-refractivity contribution is -0.909. The third kappa shape index (κ3) is 6.05. The van der Waals surface area contributed by atoms with Gasteiger partial charge in [0, 0.05) is 6.08 Å². The van der Waals surface area contributed by atoms with Crippen molar-refractivity contribution in [3.63, 3.8) is 0 Å². The molecule has 1 fully saturated rings. The highest BCUT2D eigenvalue weighted by Crippen LogP contribution is 2.13. The summed E-state index contributed by atoms with van der Waals surface area (Å²) < 4.78 is 5.46. The summed E-state index contributed by atoms with van der Waals surface area (Å²) >= 11 is 0. The van der Waals surface area contributed by atoms with Crippen LogP contribution in [0, 0.1) is 13.8 Å². The molecule has 142 valence electrons. The number of amides is 1. The number of hydrogen-bond acceptors (Lipinski definition) is 2. The van der Waals surface area contributed by atoms with Crippen LogP contribution in [-0.2, 0) is 9.53 Å². The van der Waals surface area contributed by atoms with Crippen molar-refractivity contribution in [1.29, 1.82) is 0 Å². The first-order chi connectivity index (χ1) is 13.1. The largest absolute Gasteiger partial charge is 0.370 e. The van der Waals surface area contributed by atoms with Gasteiger partial charge in [-0.1, -0.05) is 59.7 Å². The molecule has 4 nitrogen and oxygen atoms in total. The van der Waals surface area contributed by atoms with E-state index >= 15 is 0 Å². The highest BCUT2D eigenvalue weighted by molar-refractivity contribution is 5.92. The van der Waals surface area contributed by atoms with Gasteiger partial charge in [0.05, 0.1) is 13.2 Å². The van der Waals surface area contributed by atoms with Crippen molar-refractivity contribution in [3.8, 4) is 0 Å². The molecule has 0 unspecified atom stereocenters. The first-order valence-corrected chi connectivity index (χ1v) is 9.63. The fourth-order valence-corrected chi connectivity index (χ4v) is 3.37. The molecule has 1 aliphatic heterocycles. The smallest absolute Gasteiger partial charge is 0.244 e. The van der Waals surface area contributed by atoms with E-state index in [2.05, 4.69) is 55.6 Å². The topological polar surface area (TPSA) is 42.8 Å². The molecule has 0 saturated carbocycles. The van der Waals surface area contributed by atoms with E-state index in [1.165, 1.54) is 16.0 Å². The first kappa shape index (κ1) is 19.3. The minimum atomic E-state index is -0.0604. The molecule has 27 heavy (non-hydrogen) atoms. The number of carbonyl (C=O) groups excluding carboxylic acids is 1. The third-order valence-corrected chi connectivity index (χ3v) is 4.96. The quantitative estimate of drug-likeness (QED) is 0.770. The number of rotatable bonds is 6. The minimum absolute atomic E-state index is 0.00615. The molecule has 0 aromatic heterocycles.